The Morgan fingerprint density at radius 3 is 2.74 bits per heavy atom. The smallest absolute Gasteiger partial charge is 0.193 e. The Morgan fingerprint density at radius 2 is 1.96 bits per heavy atom. The van der Waals surface area contributed by atoms with Gasteiger partial charge < -0.3 is 20.5 Å². The Bertz CT molecular complexity index is 772. The number of nitrogens with one attached hydrogen (secondary N) is 1. The second kappa shape index (κ2) is 8.63. The van der Waals surface area contributed by atoms with Gasteiger partial charge in [0.2, 0.25) is 0 Å². The highest BCUT2D eigenvalue weighted by Gasteiger charge is 2.24. The highest BCUT2D eigenvalue weighted by Crippen LogP contribution is 2.32. The third-order valence-corrected chi connectivity index (χ3v) is 5.88. The number of likely N-dealkylation sites (tertiary alicyclic amines) is 1. The molecule has 0 amide bonds. The minimum atomic E-state index is 0.302. The van der Waals surface area contributed by atoms with Crippen LogP contribution in [0, 0.1) is 0 Å². The zero-order valence-electron chi connectivity index (χ0n) is 15.4. The van der Waals surface area contributed by atoms with Crippen LogP contribution in [-0.2, 0) is 0 Å². The van der Waals surface area contributed by atoms with Crippen LogP contribution in [0.1, 0.15) is 30.2 Å². The number of nitrogens with two attached hydrogens (primary N) is 1. The third kappa shape index (κ3) is 4.54. The molecule has 2 aliphatic heterocycles. The topological polar surface area (TPSA) is 72.1 Å². The number of fused-ring (bicyclic) bond motifs is 1. The molecule has 0 spiro atoms. The van der Waals surface area contributed by atoms with Gasteiger partial charge in [0.25, 0.3) is 0 Å². The third-order valence-electron chi connectivity index (χ3n) is 4.91. The highest BCUT2D eigenvalue weighted by molar-refractivity contribution is 7.10. The number of rotatable bonds is 5. The van der Waals surface area contributed by atoms with Gasteiger partial charge in [-0.15, -0.1) is 11.3 Å². The Balaban J connectivity index is 1.43. The van der Waals surface area contributed by atoms with Crippen molar-refractivity contribution in [3.8, 4) is 11.5 Å². The lowest BCUT2D eigenvalue weighted by atomic mass is 10.2. The van der Waals surface area contributed by atoms with Gasteiger partial charge in [0.1, 0.15) is 0 Å². The monoisotopic (exact) mass is 386 g/mol. The fourth-order valence-corrected chi connectivity index (χ4v) is 4.38. The van der Waals surface area contributed by atoms with Crippen molar-refractivity contribution >= 4 is 23.0 Å². The van der Waals surface area contributed by atoms with Gasteiger partial charge in [-0.25, -0.2) is 0 Å². The molecule has 0 aliphatic carbocycles. The Morgan fingerprint density at radius 1 is 1.15 bits per heavy atom. The predicted molar refractivity (Wildman–Crippen MR) is 110 cm³/mol. The number of nitrogens with zero attached hydrogens (tertiary/aromatic N) is 2. The molecule has 0 saturated carbocycles. The van der Waals surface area contributed by atoms with Crippen molar-refractivity contribution in [1.29, 1.82) is 0 Å². The van der Waals surface area contributed by atoms with E-state index in [0.717, 1.165) is 36.7 Å². The van der Waals surface area contributed by atoms with E-state index in [1.54, 1.807) is 11.3 Å². The van der Waals surface area contributed by atoms with Crippen molar-refractivity contribution in [2.75, 3.05) is 38.2 Å². The molecule has 27 heavy (non-hydrogen) atoms. The summed E-state index contributed by atoms with van der Waals surface area (Å²) in [6.45, 7) is 4.27. The molecule has 7 heteroatoms. The van der Waals surface area contributed by atoms with Crippen LogP contribution in [0.15, 0.2) is 40.7 Å². The first-order chi connectivity index (χ1) is 13.3. The van der Waals surface area contributed by atoms with Crippen molar-refractivity contribution in [2.45, 2.75) is 25.3 Å². The summed E-state index contributed by atoms with van der Waals surface area (Å²) in [6, 6.07) is 10.4. The predicted octanol–water partition coefficient (Wildman–Crippen LogP) is 3.47. The normalized spacial score (nSPS) is 18.9. The maximum absolute atomic E-state index is 6.16. The lowest BCUT2D eigenvalue weighted by molar-refractivity contribution is 0.255. The van der Waals surface area contributed by atoms with Crippen LogP contribution in [0.3, 0.4) is 0 Å². The number of benzene rings is 1. The molecule has 3 heterocycles. The molecule has 2 aromatic rings. The fraction of sp³-hybridized carbons (Fsp3) is 0.450. The van der Waals surface area contributed by atoms with Crippen LogP contribution in [0.25, 0.3) is 0 Å². The zero-order valence-corrected chi connectivity index (χ0v) is 16.2. The molecule has 1 aromatic carbocycles. The van der Waals surface area contributed by atoms with Gasteiger partial charge in [-0.3, -0.25) is 9.89 Å². The summed E-state index contributed by atoms with van der Waals surface area (Å²) in [4.78, 5) is 8.49. The lowest BCUT2D eigenvalue weighted by Crippen LogP contribution is -2.29. The summed E-state index contributed by atoms with van der Waals surface area (Å²) < 4.78 is 11.4. The summed E-state index contributed by atoms with van der Waals surface area (Å²) in [5.74, 6) is 1.95. The van der Waals surface area contributed by atoms with Crippen LogP contribution in [0.2, 0.25) is 0 Å². The number of aliphatic imine (C=N–C) groups is 1. The van der Waals surface area contributed by atoms with Gasteiger partial charge in [-0.2, -0.15) is 0 Å². The number of anilines is 1. The van der Waals surface area contributed by atoms with Gasteiger partial charge >= 0.3 is 0 Å². The molecule has 0 radical (unpaired) electrons. The molecular formula is C20H26N4O2S. The zero-order chi connectivity index (χ0) is 18.5. The number of ether oxygens (including phenoxy) is 2. The van der Waals surface area contributed by atoms with E-state index < -0.39 is 0 Å². The number of guanidine groups is 1. The molecule has 144 valence electrons. The van der Waals surface area contributed by atoms with Crippen LogP contribution >= 0.6 is 11.3 Å². The molecule has 2 aliphatic rings. The van der Waals surface area contributed by atoms with E-state index in [2.05, 4.69) is 32.7 Å². The van der Waals surface area contributed by atoms with Crippen molar-refractivity contribution in [2.24, 2.45) is 10.7 Å². The number of hydrogen-bond acceptors (Lipinski definition) is 5. The first kappa shape index (κ1) is 18.1. The second-order valence-electron chi connectivity index (χ2n) is 6.84. The molecule has 3 N–H and O–H groups in total. The SMILES string of the molecule is NC(=NCC(c1cccs1)N1CCCC1)Nc1ccc2c(c1)OCCCO2. The average Bonchev–Trinajstić information content (AvgIpc) is 3.34. The highest BCUT2D eigenvalue weighted by atomic mass is 32.1. The lowest BCUT2D eigenvalue weighted by Gasteiger charge is -2.25. The first-order valence-corrected chi connectivity index (χ1v) is 10.4. The van der Waals surface area contributed by atoms with E-state index in [9.17, 15) is 0 Å². The van der Waals surface area contributed by atoms with Crippen molar-refractivity contribution in [1.82, 2.24) is 4.90 Å². The molecule has 0 bridgehead atoms. The Labute approximate surface area is 164 Å². The molecule has 4 rings (SSSR count). The van der Waals surface area contributed by atoms with Gasteiger partial charge in [-0.1, -0.05) is 6.07 Å². The minimum absolute atomic E-state index is 0.302. The number of thiophene rings is 1. The molecule has 1 fully saturated rings. The Hall–Kier alpha value is -2.25. The molecule has 1 saturated heterocycles. The van der Waals surface area contributed by atoms with Crippen LogP contribution in [0.4, 0.5) is 5.69 Å². The molecule has 1 atom stereocenters. The van der Waals surface area contributed by atoms with E-state index in [-0.39, 0.29) is 0 Å². The van der Waals surface area contributed by atoms with E-state index in [1.165, 1.54) is 17.7 Å². The van der Waals surface area contributed by atoms with Crippen molar-refractivity contribution in [3.63, 3.8) is 0 Å². The summed E-state index contributed by atoms with van der Waals surface area (Å²) >= 11 is 1.79. The molecule has 1 aromatic heterocycles. The largest absolute Gasteiger partial charge is 0.490 e. The number of hydrogen-bond donors (Lipinski definition) is 2. The fourth-order valence-electron chi connectivity index (χ4n) is 3.53. The summed E-state index contributed by atoms with van der Waals surface area (Å²) in [5, 5.41) is 5.31. The van der Waals surface area contributed by atoms with Gasteiger partial charge in [-0.05, 0) is 49.5 Å². The van der Waals surface area contributed by atoms with Gasteiger partial charge in [0.05, 0.1) is 25.8 Å². The van der Waals surface area contributed by atoms with Crippen LogP contribution in [0.5, 0.6) is 11.5 Å². The molecule has 6 nitrogen and oxygen atoms in total. The quantitative estimate of drug-likeness (QED) is 0.608. The minimum Gasteiger partial charge on any atom is -0.490 e. The van der Waals surface area contributed by atoms with Crippen LogP contribution < -0.4 is 20.5 Å². The van der Waals surface area contributed by atoms with Crippen molar-refractivity contribution in [3.05, 3.63) is 40.6 Å². The van der Waals surface area contributed by atoms with E-state index in [0.29, 0.717) is 31.8 Å². The maximum atomic E-state index is 6.16. The maximum Gasteiger partial charge on any atom is 0.193 e. The van der Waals surface area contributed by atoms with E-state index >= 15 is 0 Å². The van der Waals surface area contributed by atoms with Crippen LogP contribution in [-0.4, -0.2) is 43.7 Å². The van der Waals surface area contributed by atoms with Crippen molar-refractivity contribution < 1.29 is 9.47 Å². The summed E-state index contributed by atoms with van der Waals surface area (Å²) in [5.41, 5.74) is 7.02. The average molecular weight is 387 g/mol. The first-order valence-electron chi connectivity index (χ1n) is 9.53. The van der Waals surface area contributed by atoms with Gasteiger partial charge in [0, 0.05) is 23.1 Å². The van der Waals surface area contributed by atoms with Gasteiger partial charge in [0.15, 0.2) is 17.5 Å². The Kier molecular flexibility index (Phi) is 5.79. The summed E-state index contributed by atoms with van der Waals surface area (Å²) in [7, 11) is 0. The molecule has 1 unspecified atom stereocenters. The standard InChI is InChI=1S/C20H26N4O2S/c21-20(23-15-6-7-17-18(13-15)26-11-4-10-25-17)22-14-16(19-5-3-12-27-19)24-8-1-2-9-24/h3,5-7,12-13,16H,1-2,4,8-11,14H2,(H3,21,22,23). The summed E-state index contributed by atoms with van der Waals surface area (Å²) in [6.07, 6.45) is 3.41. The van der Waals surface area contributed by atoms with E-state index in [1.807, 2.05) is 18.2 Å². The van der Waals surface area contributed by atoms with E-state index in [4.69, 9.17) is 15.2 Å². The molecular weight excluding hydrogens is 360 g/mol. The second-order valence-corrected chi connectivity index (χ2v) is 7.82.